The van der Waals surface area contributed by atoms with E-state index in [1.165, 1.54) is 5.56 Å². The van der Waals surface area contributed by atoms with Crippen molar-refractivity contribution >= 4 is 16.9 Å². The van der Waals surface area contributed by atoms with Gasteiger partial charge in [0.25, 0.3) is 0 Å². The number of rotatable bonds is 8. The number of aromatic nitrogens is 2. The van der Waals surface area contributed by atoms with Gasteiger partial charge in [-0.25, -0.2) is 4.98 Å². The summed E-state index contributed by atoms with van der Waals surface area (Å²) in [6, 6.07) is 26.0. The number of carbonyl (C=O) groups is 1. The average Bonchev–Trinajstić information content (AvgIpc) is 3.15. The molecule has 0 spiro atoms. The van der Waals surface area contributed by atoms with Gasteiger partial charge in [-0.2, -0.15) is 0 Å². The topological polar surface area (TPSA) is 47.4 Å². The monoisotopic (exact) mass is 427 g/mol. The first-order valence-electron chi connectivity index (χ1n) is 11.0. The van der Waals surface area contributed by atoms with E-state index in [0.29, 0.717) is 13.2 Å². The van der Waals surface area contributed by atoms with Gasteiger partial charge in [-0.15, -0.1) is 0 Å². The third-order valence-electron chi connectivity index (χ3n) is 5.56. The van der Waals surface area contributed by atoms with Crippen LogP contribution in [0.25, 0.3) is 11.0 Å². The smallest absolute Gasteiger partial charge is 0.243 e. The molecule has 3 aromatic carbocycles. The minimum atomic E-state index is 0.0589. The number of ether oxygens (including phenoxy) is 1. The van der Waals surface area contributed by atoms with Gasteiger partial charge in [-0.05, 0) is 50.6 Å². The fraction of sp³-hybridized carbons (Fsp3) is 0.259. The molecule has 0 unspecified atom stereocenters. The molecule has 0 saturated heterocycles. The fourth-order valence-electron chi connectivity index (χ4n) is 3.76. The summed E-state index contributed by atoms with van der Waals surface area (Å²) in [7, 11) is 0. The number of hydrogen-bond donors (Lipinski definition) is 0. The van der Waals surface area contributed by atoms with Crippen LogP contribution in [-0.2, 0) is 24.5 Å². The molecule has 0 atom stereocenters. The second-order valence-corrected chi connectivity index (χ2v) is 8.31. The molecule has 0 fully saturated rings. The first-order chi connectivity index (χ1) is 15.5. The third-order valence-corrected chi connectivity index (χ3v) is 5.56. The maximum absolute atomic E-state index is 13.4. The molecular weight excluding hydrogens is 398 g/mol. The van der Waals surface area contributed by atoms with Gasteiger partial charge in [0.2, 0.25) is 5.91 Å². The summed E-state index contributed by atoms with van der Waals surface area (Å²) >= 11 is 0. The molecule has 0 aliphatic heterocycles. The number of imidazole rings is 1. The Kier molecular flexibility index (Phi) is 6.55. The predicted octanol–water partition coefficient (Wildman–Crippen LogP) is 5.36. The van der Waals surface area contributed by atoms with Gasteiger partial charge >= 0.3 is 0 Å². The Morgan fingerprint density at radius 1 is 0.969 bits per heavy atom. The van der Waals surface area contributed by atoms with Crippen molar-refractivity contribution in [2.75, 3.05) is 0 Å². The molecule has 32 heavy (non-hydrogen) atoms. The third kappa shape index (κ3) is 4.99. The van der Waals surface area contributed by atoms with Crippen molar-refractivity contribution in [2.24, 2.45) is 0 Å². The summed E-state index contributed by atoms with van der Waals surface area (Å²) in [5.74, 6) is 1.58. The number of nitrogens with zero attached hydrogens (tertiary/aromatic N) is 3. The van der Waals surface area contributed by atoms with Crippen LogP contribution in [0.5, 0.6) is 5.75 Å². The van der Waals surface area contributed by atoms with Crippen molar-refractivity contribution in [3.8, 4) is 5.75 Å². The lowest BCUT2D eigenvalue weighted by molar-refractivity contribution is -0.134. The summed E-state index contributed by atoms with van der Waals surface area (Å²) in [6.45, 7) is 7.25. The van der Waals surface area contributed by atoms with Gasteiger partial charge < -0.3 is 14.2 Å². The molecule has 4 rings (SSSR count). The lowest BCUT2D eigenvalue weighted by Crippen LogP contribution is -2.38. The number of aryl methyl sites for hydroxylation is 1. The maximum Gasteiger partial charge on any atom is 0.243 e. The van der Waals surface area contributed by atoms with Crippen LogP contribution in [-0.4, -0.2) is 26.4 Å². The number of carbonyl (C=O) groups excluding carboxylic acids is 1. The van der Waals surface area contributed by atoms with E-state index < -0.39 is 0 Å². The van der Waals surface area contributed by atoms with E-state index in [4.69, 9.17) is 9.72 Å². The molecule has 0 N–H and O–H groups in total. The van der Waals surface area contributed by atoms with Crippen LogP contribution in [0.1, 0.15) is 30.8 Å². The first-order valence-corrected chi connectivity index (χ1v) is 11.0. The van der Waals surface area contributed by atoms with Crippen LogP contribution in [0.15, 0.2) is 78.9 Å². The van der Waals surface area contributed by atoms with Gasteiger partial charge in [0.05, 0.1) is 11.0 Å². The number of benzene rings is 3. The van der Waals surface area contributed by atoms with E-state index in [9.17, 15) is 4.79 Å². The highest BCUT2D eigenvalue weighted by atomic mass is 16.5. The number of para-hydroxylation sites is 2. The van der Waals surface area contributed by atoms with Crippen molar-refractivity contribution in [1.82, 2.24) is 14.5 Å². The highest BCUT2D eigenvalue weighted by Gasteiger charge is 2.21. The number of fused-ring (bicyclic) bond motifs is 1. The van der Waals surface area contributed by atoms with Crippen LogP contribution in [0.2, 0.25) is 0 Å². The van der Waals surface area contributed by atoms with Crippen molar-refractivity contribution < 1.29 is 9.53 Å². The molecule has 0 saturated carbocycles. The lowest BCUT2D eigenvalue weighted by atomic mass is 10.2. The van der Waals surface area contributed by atoms with Crippen molar-refractivity contribution in [1.29, 1.82) is 0 Å². The Morgan fingerprint density at radius 3 is 2.38 bits per heavy atom. The van der Waals surface area contributed by atoms with Gasteiger partial charge in [-0.1, -0.05) is 60.2 Å². The van der Waals surface area contributed by atoms with Crippen LogP contribution in [0, 0.1) is 6.92 Å². The largest absolute Gasteiger partial charge is 0.486 e. The zero-order valence-corrected chi connectivity index (χ0v) is 18.9. The molecular formula is C27H29N3O2. The van der Waals surface area contributed by atoms with Crippen LogP contribution < -0.4 is 4.74 Å². The molecule has 5 heteroatoms. The molecule has 164 valence electrons. The summed E-state index contributed by atoms with van der Waals surface area (Å²) in [5.41, 5.74) is 4.10. The summed E-state index contributed by atoms with van der Waals surface area (Å²) in [5, 5.41) is 0. The maximum atomic E-state index is 13.4. The zero-order chi connectivity index (χ0) is 22.5. The van der Waals surface area contributed by atoms with E-state index in [1.807, 2.05) is 97.0 Å². The molecule has 1 aromatic heterocycles. The number of amides is 1. The highest BCUT2D eigenvalue weighted by molar-refractivity contribution is 5.81. The van der Waals surface area contributed by atoms with E-state index in [2.05, 4.69) is 12.1 Å². The predicted molar refractivity (Wildman–Crippen MR) is 127 cm³/mol. The Hall–Kier alpha value is -3.60. The summed E-state index contributed by atoms with van der Waals surface area (Å²) in [4.78, 5) is 20.1. The summed E-state index contributed by atoms with van der Waals surface area (Å²) in [6.07, 6.45) is 0. The molecule has 0 aliphatic rings. The van der Waals surface area contributed by atoms with Crippen molar-refractivity contribution in [3.05, 3.63) is 95.8 Å². The van der Waals surface area contributed by atoms with Gasteiger partial charge in [0.1, 0.15) is 24.7 Å². The highest BCUT2D eigenvalue weighted by Crippen LogP contribution is 2.20. The zero-order valence-electron chi connectivity index (χ0n) is 18.9. The minimum Gasteiger partial charge on any atom is -0.486 e. The van der Waals surface area contributed by atoms with Crippen molar-refractivity contribution in [2.45, 2.75) is 46.5 Å². The molecule has 0 aliphatic carbocycles. The van der Waals surface area contributed by atoms with E-state index in [-0.39, 0.29) is 18.5 Å². The van der Waals surface area contributed by atoms with Crippen LogP contribution in [0.3, 0.4) is 0 Å². The molecule has 0 radical (unpaired) electrons. The summed E-state index contributed by atoms with van der Waals surface area (Å²) < 4.78 is 7.97. The quantitative estimate of drug-likeness (QED) is 0.380. The Balaban J connectivity index is 1.58. The van der Waals surface area contributed by atoms with E-state index in [0.717, 1.165) is 28.2 Å². The molecule has 5 nitrogen and oxygen atoms in total. The second-order valence-electron chi connectivity index (χ2n) is 8.31. The average molecular weight is 428 g/mol. The Labute approximate surface area is 189 Å². The molecule has 0 bridgehead atoms. The second kappa shape index (κ2) is 9.69. The first kappa shape index (κ1) is 21.6. The van der Waals surface area contributed by atoms with E-state index >= 15 is 0 Å². The Morgan fingerprint density at radius 2 is 1.66 bits per heavy atom. The minimum absolute atomic E-state index is 0.0589. The van der Waals surface area contributed by atoms with Gasteiger partial charge in [0, 0.05) is 12.6 Å². The number of hydrogen-bond acceptors (Lipinski definition) is 3. The fourth-order valence-corrected chi connectivity index (χ4v) is 3.76. The van der Waals surface area contributed by atoms with Crippen LogP contribution in [0.4, 0.5) is 0 Å². The van der Waals surface area contributed by atoms with Crippen LogP contribution >= 0.6 is 0 Å². The van der Waals surface area contributed by atoms with Gasteiger partial charge in [-0.3, -0.25) is 4.79 Å². The van der Waals surface area contributed by atoms with Crippen molar-refractivity contribution in [3.63, 3.8) is 0 Å². The van der Waals surface area contributed by atoms with Gasteiger partial charge in [0.15, 0.2) is 0 Å². The lowest BCUT2D eigenvalue weighted by Gasteiger charge is -2.27. The Bertz CT molecular complexity index is 1180. The normalized spacial score (nSPS) is 11.1. The van der Waals surface area contributed by atoms with E-state index in [1.54, 1.807) is 0 Å². The standard InChI is InChI=1S/C27H29N3O2/c1-20(2)29(17-22-9-5-4-6-10-22)27(31)18-30-25-12-8-7-11-24(25)28-26(30)19-32-23-15-13-21(3)14-16-23/h4-16,20H,17-19H2,1-3H3. The molecule has 1 heterocycles. The SMILES string of the molecule is Cc1ccc(OCc2nc3ccccc3n2CC(=O)N(Cc2ccccc2)C(C)C)cc1. The molecule has 4 aromatic rings. The molecule has 1 amide bonds.